The van der Waals surface area contributed by atoms with Gasteiger partial charge in [0.2, 0.25) is 0 Å². The minimum absolute atomic E-state index is 0.0212. The first kappa shape index (κ1) is 18.4. The second-order valence-corrected chi connectivity index (χ2v) is 6.84. The monoisotopic (exact) mass is 327 g/mol. The van der Waals surface area contributed by atoms with E-state index in [0.717, 1.165) is 24.8 Å². The Morgan fingerprint density at radius 3 is 2.36 bits per heavy atom. The highest BCUT2D eigenvalue weighted by Gasteiger charge is 2.19. The van der Waals surface area contributed by atoms with Crippen LogP contribution in [0, 0.1) is 0 Å². The van der Waals surface area contributed by atoms with Crippen LogP contribution >= 0.6 is 0 Å². The molecule has 0 saturated heterocycles. The minimum Gasteiger partial charge on any atom is -0.335 e. The normalized spacial score (nSPS) is 12.7. The largest absolute Gasteiger partial charge is 0.335 e. The summed E-state index contributed by atoms with van der Waals surface area (Å²) < 4.78 is 26.3. The molecule has 0 spiro atoms. The highest BCUT2D eigenvalue weighted by Crippen LogP contribution is 2.11. The molecule has 0 aromatic heterocycles. The van der Waals surface area contributed by atoms with Crippen LogP contribution < -0.4 is 15.8 Å². The lowest BCUT2D eigenvalue weighted by Gasteiger charge is -2.16. The standard InChI is InChI=1S/C15H25N3O3S/c1-3-5-13(4-2)17-15(19)18-22(20,21)14-8-6-12(7-9-14)10-11-16/h6-9,13H,3-5,10-11,16H2,1-2H3,(H2,17,18,19). The van der Waals surface area contributed by atoms with Crippen molar-refractivity contribution in [3.63, 3.8) is 0 Å². The van der Waals surface area contributed by atoms with Crippen molar-refractivity contribution in [1.29, 1.82) is 0 Å². The van der Waals surface area contributed by atoms with Crippen molar-refractivity contribution in [3.05, 3.63) is 29.8 Å². The average Bonchev–Trinajstić information content (AvgIpc) is 2.47. The zero-order valence-electron chi connectivity index (χ0n) is 13.1. The van der Waals surface area contributed by atoms with Gasteiger partial charge >= 0.3 is 6.03 Å². The fourth-order valence-corrected chi connectivity index (χ4v) is 3.04. The predicted molar refractivity (Wildman–Crippen MR) is 87.0 cm³/mol. The molecule has 7 heteroatoms. The van der Waals surface area contributed by atoms with Crippen molar-refractivity contribution < 1.29 is 13.2 Å². The summed E-state index contributed by atoms with van der Waals surface area (Å²) in [5.74, 6) is 0. The van der Waals surface area contributed by atoms with Crippen LogP contribution in [0.15, 0.2) is 29.2 Å². The van der Waals surface area contributed by atoms with Crippen LogP contribution in [0.25, 0.3) is 0 Å². The molecule has 124 valence electrons. The summed E-state index contributed by atoms with van der Waals surface area (Å²) in [7, 11) is -3.85. The molecular formula is C15H25N3O3S. The first-order valence-electron chi connectivity index (χ1n) is 7.55. The molecule has 1 aromatic rings. The van der Waals surface area contributed by atoms with Crippen LogP contribution in [0.3, 0.4) is 0 Å². The lowest BCUT2D eigenvalue weighted by molar-refractivity contribution is 0.240. The number of amides is 2. The molecular weight excluding hydrogens is 302 g/mol. The molecule has 22 heavy (non-hydrogen) atoms. The van der Waals surface area contributed by atoms with Gasteiger partial charge in [-0.1, -0.05) is 32.4 Å². The lowest BCUT2D eigenvalue weighted by atomic mass is 10.1. The van der Waals surface area contributed by atoms with E-state index in [-0.39, 0.29) is 10.9 Å². The van der Waals surface area contributed by atoms with Crippen molar-refractivity contribution in [3.8, 4) is 0 Å². The maximum absolute atomic E-state index is 12.1. The molecule has 0 heterocycles. The fraction of sp³-hybridized carbons (Fsp3) is 0.533. The second kappa shape index (κ2) is 8.75. The molecule has 1 unspecified atom stereocenters. The van der Waals surface area contributed by atoms with Gasteiger partial charge in [0, 0.05) is 6.04 Å². The second-order valence-electron chi connectivity index (χ2n) is 5.16. The van der Waals surface area contributed by atoms with Gasteiger partial charge in [0.1, 0.15) is 0 Å². The number of carbonyl (C=O) groups is 1. The molecule has 1 atom stereocenters. The zero-order valence-corrected chi connectivity index (χ0v) is 13.9. The SMILES string of the molecule is CCCC(CC)NC(=O)NS(=O)(=O)c1ccc(CCN)cc1. The number of sulfonamides is 1. The zero-order chi connectivity index (χ0) is 16.6. The smallest absolute Gasteiger partial charge is 0.328 e. The summed E-state index contributed by atoms with van der Waals surface area (Å²) >= 11 is 0. The van der Waals surface area contributed by atoms with E-state index in [0.29, 0.717) is 13.0 Å². The molecule has 0 fully saturated rings. The van der Waals surface area contributed by atoms with E-state index in [1.54, 1.807) is 12.1 Å². The quantitative estimate of drug-likeness (QED) is 0.677. The van der Waals surface area contributed by atoms with Crippen LogP contribution in [-0.4, -0.2) is 27.0 Å². The van der Waals surface area contributed by atoms with Crippen LogP contribution in [0.4, 0.5) is 4.79 Å². The van der Waals surface area contributed by atoms with Crippen LogP contribution in [0.2, 0.25) is 0 Å². The van der Waals surface area contributed by atoms with Gasteiger partial charge in [-0.05, 0) is 43.5 Å². The number of urea groups is 1. The van der Waals surface area contributed by atoms with Crippen molar-refractivity contribution in [2.24, 2.45) is 5.73 Å². The Morgan fingerprint density at radius 1 is 1.23 bits per heavy atom. The minimum atomic E-state index is -3.85. The topological polar surface area (TPSA) is 101 Å². The highest BCUT2D eigenvalue weighted by atomic mass is 32.2. The molecule has 1 aromatic carbocycles. The van der Waals surface area contributed by atoms with Gasteiger partial charge in [-0.15, -0.1) is 0 Å². The molecule has 0 radical (unpaired) electrons. The molecule has 4 N–H and O–H groups in total. The molecule has 2 amide bonds. The van der Waals surface area contributed by atoms with Gasteiger partial charge in [-0.3, -0.25) is 0 Å². The third-order valence-corrected chi connectivity index (χ3v) is 4.71. The maximum Gasteiger partial charge on any atom is 0.328 e. The Labute approximate surface area is 132 Å². The highest BCUT2D eigenvalue weighted by molar-refractivity contribution is 7.90. The molecule has 0 bridgehead atoms. The van der Waals surface area contributed by atoms with Crippen LogP contribution in [0.5, 0.6) is 0 Å². The number of rotatable bonds is 8. The van der Waals surface area contributed by atoms with Crippen LogP contribution in [0.1, 0.15) is 38.7 Å². The first-order valence-corrected chi connectivity index (χ1v) is 9.03. The molecule has 0 aliphatic carbocycles. The van der Waals surface area contributed by atoms with Gasteiger partial charge in [0.15, 0.2) is 0 Å². The van der Waals surface area contributed by atoms with E-state index in [1.165, 1.54) is 12.1 Å². The van der Waals surface area contributed by atoms with Gasteiger partial charge < -0.3 is 11.1 Å². The fourth-order valence-electron chi connectivity index (χ4n) is 2.12. The number of benzene rings is 1. The average molecular weight is 327 g/mol. The van der Waals surface area contributed by atoms with Gasteiger partial charge in [0.05, 0.1) is 4.90 Å². The number of nitrogens with one attached hydrogen (secondary N) is 2. The van der Waals surface area contributed by atoms with E-state index in [4.69, 9.17) is 5.73 Å². The third kappa shape index (κ3) is 5.65. The number of nitrogens with two attached hydrogens (primary N) is 1. The van der Waals surface area contributed by atoms with Crippen molar-refractivity contribution in [2.75, 3.05) is 6.54 Å². The Hall–Kier alpha value is -1.60. The lowest BCUT2D eigenvalue weighted by Crippen LogP contribution is -2.44. The summed E-state index contributed by atoms with van der Waals surface area (Å²) in [6.07, 6.45) is 3.18. The van der Waals surface area contributed by atoms with E-state index in [1.807, 2.05) is 18.6 Å². The van der Waals surface area contributed by atoms with Crippen molar-refractivity contribution >= 4 is 16.1 Å². The summed E-state index contributed by atoms with van der Waals surface area (Å²) in [5.41, 5.74) is 6.41. The molecule has 1 rings (SSSR count). The summed E-state index contributed by atoms with van der Waals surface area (Å²) in [5, 5.41) is 2.68. The Balaban J connectivity index is 2.71. The van der Waals surface area contributed by atoms with Crippen LogP contribution in [-0.2, 0) is 16.4 Å². The Morgan fingerprint density at radius 2 is 1.86 bits per heavy atom. The molecule has 0 aliphatic heterocycles. The van der Waals surface area contributed by atoms with E-state index >= 15 is 0 Å². The van der Waals surface area contributed by atoms with Gasteiger partial charge in [-0.2, -0.15) is 0 Å². The summed E-state index contributed by atoms with van der Waals surface area (Å²) in [6.45, 7) is 4.47. The maximum atomic E-state index is 12.1. The third-order valence-electron chi connectivity index (χ3n) is 3.36. The van der Waals surface area contributed by atoms with E-state index < -0.39 is 16.1 Å². The van der Waals surface area contributed by atoms with E-state index in [2.05, 4.69) is 5.32 Å². The summed E-state index contributed by atoms with van der Waals surface area (Å²) in [6, 6.07) is 5.64. The first-order chi connectivity index (χ1) is 10.4. The van der Waals surface area contributed by atoms with E-state index in [9.17, 15) is 13.2 Å². The molecule has 0 aliphatic rings. The van der Waals surface area contributed by atoms with Crippen molar-refractivity contribution in [2.45, 2.75) is 50.5 Å². The Bertz CT molecular complexity index is 570. The molecule has 6 nitrogen and oxygen atoms in total. The number of carbonyl (C=O) groups excluding carboxylic acids is 1. The predicted octanol–water partition coefficient (Wildman–Crippen LogP) is 1.75. The Kier molecular flexibility index (Phi) is 7.34. The number of hydrogen-bond acceptors (Lipinski definition) is 4. The number of hydrogen-bond donors (Lipinski definition) is 3. The van der Waals surface area contributed by atoms with Gasteiger partial charge in [0.25, 0.3) is 10.0 Å². The van der Waals surface area contributed by atoms with Crippen molar-refractivity contribution in [1.82, 2.24) is 10.0 Å². The summed E-state index contributed by atoms with van der Waals surface area (Å²) in [4.78, 5) is 11.9. The van der Waals surface area contributed by atoms with Gasteiger partial charge in [-0.25, -0.2) is 17.9 Å². The molecule has 0 saturated carbocycles.